The largest absolute Gasteiger partial charge is 0.497 e. The zero-order valence-electron chi connectivity index (χ0n) is 12.2. The summed E-state index contributed by atoms with van der Waals surface area (Å²) in [6.45, 7) is 3.72. The molecule has 0 unspecified atom stereocenters. The predicted molar refractivity (Wildman–Crippen MR) is 88.2 cm³/mol. The third kappa shape index (κ3) is 3.78. The van der Waals surface area contributed by atoms with Gasteiger partial charge in [-0.05, 0) is 60.1 Å². The molecule has 2 aromatic rings. The molecule has 0 radical (unpaired) electrons. The zero-order chi connectivity index (χ0) is 15.9. The lowest BCUT2D eigenvalue weighted by molar-refractivity contribution is 0.108. The highest BCUT2D eigenvalue weighted by molar-refractivity contribution is 8.14. The summed E-state index contributed by atoms with van der Waals surface area (Å²) in [5.74, 6) is 0.650. The molecule has 22 heavy (non-hydrogen) atoms. The second-order valence-electron chi connectivity index (χ2n) is 4.54. The summed E-state index contributed by atoms with van der Waals surface area (Å²) in [6.07, 6.45) is 2.39. The first kappa shape index (κ1) is 15.9. The van der Waals surface area contributed by atoms with E-state index in [1.807, 2.05) is 12.1 Å². The topological polar surface area (TPSA) is 50.1 Å². The van der Waals surface area contributed by atoms with Crippen LogP contribution >= 0.6 is 11.8 Å². The molecule has 2 aromatic carbocycles. The van der Waals surface area contributed by atoms with Crippen LogP contribution in [0.1, 0.15) is 21.5 Å². The molecule has 0 atom stereocenters. The van der Waals surface area contributed by atoms with Gasteiger partial charge in [0.25, 0.3) is 0 Å². The molecule has 0 N–H and O–H groups in total. The Morgan fingerprint density at radius 2 is 2.05 bits per heavy atom. The highest BCUT2D eigenvalue weighted by Gasteiger charge is 2.14. The van der Waals surface area contributed by atoms with Gasteiger partial charge in [0.1, 0.15) is 5.75 Å². The van der Waals surface area contributed by atoms with Crippen molar-refractivity contribution < 1.29 is 9.53 Å². The summed E-state index contributed by atoms with van der Waals surface area (Å²) in [5, 5.41) is 8.74. The molecule has 0 saturated carbocycles. The summed E-state index contributed by atoms with van der Waals surface area (Å²) in [5.41, 5.74) is 2.11. The number of benzene rings is 2. The van der Waals surface area contributed by atoms with Gasteiger partial charge in [0.15, 0.2) is 0 Å². The van der Waals surface area contributed by atoms with Crippen LogP contribution in [0.5, 0.6) is 5.75 Å². The van der Waals surface area contributed by atoms with E-state index in [1.54, 1.807) is 43.5 Å². The first-order chi connectivity index (χ1) is 10.7. The fourth-order valence-corrected chi connectivity index (χ4v) is 2.75. The highest BCUT2D eigenvalue weighted by Crippen LogP contribution is 2.27. The Bertz CT molecular complexity index is 730. The maximum Gasteiger partial charge on any atom is 0.224 e. The van der Waals surface area contributed by atoms with E-state index in [0.717, 1.165) is 22.2 Å². The molecule has 0 aliphatic heterocycles. The lowest BCUT2D eigenvalue weighted by Crippen LogP contribution is -2.00. The van der Waals surface area contributed by atoms with Crippen LogP contribution in [0.3, 0.4) is 0 Å². The van der Waals surface area contributed by atoms with E-state index in [9.17, 15) is 4.79 Å². The zero-order valence-corrected chi connectivity index (χ0v) is 13.0. The van der Waals surface area contributed by atoms with Crippen molar-refractivity contribution >= 4 is 16.9 Å². The van der Waals surface area contributed by atoms with Crippen molar-refractivity contribution in [3.8, 4) is 11.8 Å². The van der Waals surface area contributed by atoms with E-state index < -0.39 is 0 Å². The van der Waals surface area contributed by atoms with Gasteiger partial charge in [0.2, 0.25) is 5.12 Å². The minimum absolute atomic E-state index is 0.0551. The van der Waals surface area contributed by atoms with Crippen LogP contribution in [0.4, 0.5) is 0 Å². The smallest absolute Gasteiger partial charge is 0.224 e. The number of carbonyl (C=O) groups is 1. The fraction of sp³-hybridized carbons (Fsp3) is 0.111. The van der Waals surface area contributed by atoms with E-state index in [1.165, 1.54) is 0 Å². The number of rotatable bonds is 5. The quantitative estimate of drug-likeness (QED) is 0.612. The standard InChI is InChI=1S/C18H15NO2S/c1-3-4-14-7-8-15(21-2)11-17(14)18(20)22-16-9-5-13(12-19)6-10-16/h3,5-11H,1,4H2,2H3. The monoisotopic (exact) mass is 309 g/mol. The summed E-state index contributed by atoms with van der Waals surface area (Å²) in [4.78, 5) is 13.3. The number of hydrogen-bond donors (Lipinski definition) is 0. The van der Waals surface area contributed by atoms with Crippen molar-refractivity contribution in [3.05, 3.63) is 71.8 Å². The van der Waals surface area contributed by atoms with E-state index in [0.29, 0.717) is 23.3 Å². The normalized spacial score (nSPS) is 9.82. The minimum Gasteiger partial charge on any atom is -0.497 e. The molecule has 0 heterocycles. The van der Waals surface area contributed by atoms with E-state index in [4.69, 9.17) is 10.00 Å². The minimum atomic E-state index is -0.0551. The van der Waals surface area contributed by atoms with E-state index in [-0.39, 0.29) is 5.12 Å². The van der Waals surface area contributed by atoms with Crippen molar-refractivity contribution in [2.24, 2.45) is 0 Å². The first-order valence-corrected chi connectivity index (χ1v) is 7.49. The molecule has 0 fully saturated rings. The third-order valence-corrected chi connectivity index (χ3v) is 4.01. The Balaban J connectivity index is 2.27. The first-order valence-electron chi connectivity index (χ1n) is 6.68. The van der Waals surface area contributed by atoms with Crippen molar-refractivity contribution in [3.63, 3.8) is 0 Å². The molecule has 110 valence electrons. The van der Waals surface area contributed by atoms with Crippen LogP contribution in [0.25, 0.3) is 0 Å². The molecular weight excluding hydrogens is 294 g/mol. The summed E-state index contributed by atoms with van der Waals surface area (Å²) < 4.78 is 5.20. The number of allylic oxidation sites excluding steroid dienone is 1. The Hall–Kier alpha value is -2.51. The average molecular weight is 309 g/mol. The van der Waals surface area contributed by atoms with Gasteiger partial charge in [-0.3, -0.25) is 4.79 Å². The molecule has 2 rings (SSSR count). The molecule has 0 amide bonds. The maximum absolute atomic E-state index is 12.5. The number of methoxy groups -OCH3 is 1. The molecule has 0 aliphatic rings. The van der Waals surface area contributed by atoms with Crippen LogP contribution < -0.4 is 4.74 Å². The number of nitriles is 1. The number of nitrogens with zero attached hydrogens (tertiary/aromatic N) is 1. The van der Waals surface area contributed by atoms with Gasteiger partial charge in [0.05, 0.1) is 18.7 Å². The van der Waals surface area contributed by atoms with Crippen molar-refractivity contribution in [2.45, 2.75) is 11.3 Å². The Kier molecular flexibility index (Phi) is 5.40. The molecule has 0 spiro atoms. The average Bonchev–Trinajstić information content (AvgIpc) is 2.56. The van der Waals surface area contributed by atoms with Gasteiger partial charge in [0, 0.05) is 10.5 Å². The SMILES string of the molecule is C=CCc1ccc(OC)cc1C(=O)Sc1ccc(C#N)cc1. The van der Waals surface area contributed by atoms with Gasteiger partial charge in [-0.2, -0.15) is 5.26 Å². The summed E-state index contributed by atoms with van der Waals surface area (Å²) in [7, 11) is 1.57. The van der Waals surface area contributed by atoms with Gasteiger partial charge >= 0.3 is 0 Å². The molecule has 0 bridgehead atoms. The van der Waals surface area contributed by atoms with Crippen molar-refractivity contribution in [1.29, 1.82) is 5.26 Å². The van der Waals surface area contributed by atoms with Crippen molar-refractivity contribution in [2.75, 3.05) is 7.11 Å². The van der Waals surface area contributed by atoms with Gasteiger partial charge < -0.3 is 4.74 Å². The van der Waals surface area contributed by atoms with Gasteiger partial charge in [-0.25, -0.2) is 0 Å². The second kappa shape index (κ2) is 7.48. The molecule has 0 aromatic heterocycles. The Labute approximate surface area is 134 Å². The molecule has 3 nitrogen and oxygen atoms in total. The van der Waals surface area contributed by atoms with Crippen molar-refractivity contribution in [1.82, 2.24) is 0 Å². The summed E-state index contributed by atoms with van der Waals surface area (Å²) >= 11 is 1.14. The number of ether oxygens (including phenoxy) is 1. The van der Waals surface area contributed by atoms with Gasteiger partial charge in [-0.15, -0.1) is 6.58 Å². The number of hydrogen-bond acceptors (Lipinski definition) is 4. The molecule has 0 aliphatic carbocycles. The molecular formula is C18H15NO2S. The van der Waals surface area contributed by atoms with Crippen LogP contribution in [0.2, 0.25) is 0 Å². The fourth-order valence-electron chi connectivity index (χ4n) is 1.97. The van der Waals surface area contributed by atoms with Crippen LogP contribution in [0.15, 0.2) is 60.0 Å². The third-order valence-electron chi connectivity index (χ3n) is 3.10. The Morgan fingerprint density at radius 3 is 2.64 bits per heavy atom. The second-order valence-corrected chi connectivity index (χ2v) is 5.59. The van der Waals surface area contributed by atoms with Gasteiger partial charge in [-0.1, -0.05) is 12.1 Å². The highest BCUT2D eigenvalue weighted by atomic mass is 32.2. The maximum atomic E-state index is 12.5. The summed E-state index contributed by atoms with van der Waals surface area (Å²) in [6, 6.07) is 14.5. The van der Waals surface area contributed by atoms with Crippen LogP contribution in [-0.4, -0.2) is 12.2 Å². The van der Waals surface area contributed by atoms with E-state index >= 15 is 0 Å². The Morgan fingerprint density at radius 1 is 1.32 bits per heavy atom. The number of thioether (sulfide) groups is 1. The predicted octanol–water partition coefficient (Wildman–Crippen LogP) is 4.23. The van der Waals surface area contributed by atoms with Crippen LogP contribution in [0, 0.1) is 11.3 Å². The molecule has 0 saturated heterocycles. The number of carbonyl (C=O) groups excluding carboxylic acids is 1. The molecule has 4 heteroatoms. The lowest BCUT2D eigenvalue weighted by atomic mass is 10.1. The lowest BCUT2D eigenvalue weighted by Gasteiger charge is -2.09. The van der Waals surface area contributed by atoms with E-state index in [2.05, 4.69) is 12.6 Å². The van der Waals surface area contributed by atoms with Crippen LogP contribution in [-0.2, 0) is 6.42 Å².